The molecule has 1 saturated carbocycles. The summed E-state index contributed by atoms with van der Waals surface area (Å²) in [5.74, 6) is 0.616. The molecule has 184 valence electrons. The number of rotatable bonds is 14. The van der Waals surface area contributed by atoms with E-state index in [1.165, 1.54) is 92.9 Å². The fourth-order valence-corrected chi connectivity index (χ4v) is 5.73. The molecule has 0 unspecified atom stereocenters. The number of unbranched alkanes of at least 4 members (excludes halogenated alkanes) is 8. The van der Waals surface area contributed by atoms with E-state index in [4.69, 9.17) is 0 Å². The van der Waals surface area contributed by atoms with Gasteiger partial charge in [-0.15, -0.1) is 0 Å². The molecule has 0 saturated heterocycles. The minimum atomic E-state index is -0.0568. The van der Waals surface area contributed by atoms with Crippen LogP contribution in [0.2, 0.25) is 0 Å². The van der Waals surface area contributed by atoms with E-state index in [1.807, 2.05) is 0 Å². The highest BCUT2D eigenvalue weighted by molar-refractivity contribution is 5.64. The summed E-state index contributed by atoms with van der Waals surface area (Å²) in [6.07, 6.45) is 20.0. The predicted molar refractivity (Wildman–Crippen MR) is 147 cm³/mol. The fourth-order valence-electron chi connectivity index (χ4n) is 5.73. The number of aryl methyl sites for hydroxylation is 1. The second-order valence-corrected chi connectivity index (χ2v) is 10.8. The van der Waals surface area contributed by atoms with Crippen LogP contribution < -0.4 is 0 Å². The van der Waals surface area contributed by atoms with Gasteiger partial charge in [-0.1, -0.05) is 120 Å². The summed E-state index contributed by atoms with van der Waals surface area (Å²) in [5.41, 5.74) is 5.48. The van der Waals surface area contributed by atoms with Crippen LogP contribution in [0.15, 0.2) is 48.5 Å². The second kappa shape index (κ2) is 14.4. The molecule has 0 amide bonds. The predicted octanol–water partition coefficient (Wildman–Crippen LogP) is 10.4. The lowest BCUT2D eigenvalue weighted by Crippen LogP contribution is -2.25. The third-order valence-electron chi connectivity index (χ3n) is 8.18. The van der Waals surface area contributed by atoms with Crippen LogP contribution in [-0.2, 0) is 6.42 Å². The zero-order chi connectivity index (χ0) is 24.1. The molecular formula is C33H47N. The van der Waals surface area contributed by atoms with Crippen molar-refractivity contribution >= 4 is 0 Å². The van der Waals surface area contributed by atoms with Crippen molar-refractivity contribution in [2.24, 2.45) is 5.41 Å². The molecule has 1 aliphatic rings. The molecule has 1 nitrogen and oxygen atoms in total. The minimum Gasteiger partial charge on any atom is -0.198 e. The van der Waals surface area contributed by atoms with E-state index in [9.17, 15) is 5.26 Å². The van der Waals surface area contributed by atoms with Crippen molar-refractivity contribution < 1.29 is 0 Å². The van der Waals surface area contributed by atoms with E-state index >= 15 is 0 Å². The SMILES string of the molecule is CCCCCCCCCC1(C#N)CCC(c2ccc(-c3ccc(CCCCC)cc3)cc2)CC1. The molecule has 2 aromatic carbocycles. The van der Waals surface area contributed by atoms with Gasteiger partial charge in [-0.25, -0.2) is 0 Å². The van der Waals surface area contributed by atoms with Crippen molar-refractivity contribution in [1.29, 1.82) is 5.26 Å². The lowest BCUT2D eigenvalue weighted by Gasteiger charge is -2.35. The van der Waals surface area contributed by atoms with Crippen molar-refractivity contribution in [2.45, 2.75) is 122 Å². The Bertz CT molecular complexity index is 847. The first-order valence-corrected chi connectivity index (χ1v) is 14.3. The van der Waals surface area contributed by atoms with Gasteiger partial charge in [0.05, 0.1) is 11.5 Å². The molecule has 0 atom stereocenters. The highest BCUT2D eigenvalue weighted by Crippen LogP contribution is 2.45. The summed E-state index contributed by atoms with van der Waals surface area (Å²) in [7, 11) is 0. The Labute approximate surface area is 210 Å². The van der Waals surface area contributed by atoms with E-state index < -0.39 is 0 Å². The van der Waals surface area contributed by atoms with Gasteiger partial charge in [0.1, 0.15) is 0 Å². The third kappa shape index (κ3) is 8.01. The maximum atomic E-state index is 9.96. The molecule has 3 rings (SSSR count). The monoisotopic (exact) mass is 457 g/mol. The second-order valence-electron chi connectivity index (χ2n) is 10.8. The van der Waals surface area contributed by atoms with E-state index in [1.54, 1.807) is 0 Å². The molecule has 2 aromatic rings. The van der Waals surface area contributed by atoms with E-state index in [-0.39, 0.29) is 5.41 Å². The molecule has 0 N–H and O–H groups in total. The summed E-state index contributed by atoms with van der Waals surface area (Å²) in [6, 6.07) is 21.2. The highest BCUT2D eigenvalue weighted by Gasteiger charge is 2.35. The number of hydrogen-bond donors (Lipinski definition) is 0. The number of nitriles is 1. The summed E-state index contributed by atoms with van der Waals surface area (Å²) in [4.78, 5) is 0. The Kier molecular flexibility index (Phi) is 11.2. The molecule has 0 bridgehead atoms. The average molecular weight is 458 g/mol. The topological polar surface area (TPSA) is 23.8 Å². The van der Waals surface area contributed by atoms with E-state index in [2.05, 4.69) is 68.4 Å². The maximum absolute atomic E-state index is 9.96. The summed E-state index contributed by atoms with van der Waals surface area (Å²) >= 11 is 0. The molecule has 0 aliphatic heterocycles. The molecule has 34 heavy (non-hydrogen) atoms. The van der Waals surface area contributed by atoms with Crippen LogP contribution in [0.5, 0.6) is 0 Å². The summed E-state index contributed by atoms with van der Waals surface area (Å²) < 4.78 is 0. The van der Waals surface area contributed by atoms with Crippen molar-refractivity contribution in [3.05, 3.63) is 59.7 Å². The van der Waals surface area contributed by atoms with Gasteiger partial charge in [-0.3, -0.25) is 0 Å². The van der Waals surface area contributed by atoms with Crippen LogP contribution in [0.3, 0.4) is 0 Å². The first-order chi connectivity index (χ1) is 16.7. The van der Waals surface area contributed by atoms with Crippen molar-refractivity contribution in [2.75, 3.05) is 0 Å². The van der Waals surface area contributed by atoms with Gasteiger partial charge in [0.2, 0.25) is 0 Å². The molecule has 0 aromatic heterocycles. The van der Waals surface area contributed by atoms with Gasteiger partial charge in [0, 0.05) is 0 Å². The Hall–Kier alpha value is -2.07. The molecule has 1 aliphatic carbocycles. The molecule has 1 heteroatoms. The standard InChI is InChI=1S/C33H47N/c1-3-5-7-8-9-10-12-24-33(27-34)25-22-32(23-26-33)31-20-18-30(19-21-31)29-16-14-28(15-17-29)13-11-6-4-2/h14-21,32H,3-13,22-26H2,1-2H3. The van der Waals surface area contributed by atoms with Crippen molar-refractivity contribution in [3.8, 4) is 17.2 Å². The summed E-state index contributed by atoms with van der Waals surface area (Å²) in [5, 5.41) is 9.96. The number of hydrogen-bond acceptors (Lipinski definition) is 1. The van der Waals surface area contributed by atoms with Gasteiger partial charge < -0.3 is 0 Å². The molecule has 1 fully saturated rings. The molecule has 0 spiro atoms. The molecule has 0 heterocycles. The Balaban J connectivity index is 1.46. The average Bonchev–Trinajstić information content (AvgIpc) is 2.89. The van der Waals surface area contributed by atoms with Gasteiger partial charge >= 0.3 is 0 Å². The summed E-state index contributed by atoms with van der Waals surface area (Å²) in [6.45, 7) is 4.53. The Morgan fingerprint density at radius 2 is 1.24 bits per heavy atom. The lowest BCUT2D eigenvalue weighted by molar-refractivity contribution is 0.223. The minimum absolute atomic E-state index is 0.0568. The van der Waals surface area contributed by atoms with Gasteiger partial charge in [0.15, 0.2) is 0 Å². The number of nitrogens with zero attached hydrogens (tertiary/aromatic N) is 1. The van der Waals surface area contributed by atoms with Crippen LogP contribution in [0, 0.1) is 16.7 Å². The lowest BCUT2D eigenvalue weighted by atomic mass is 9.67. The normalized spacial score (nSPS) is 20.2. The Morgan fingerprint density at radius 1 is 0.706 bits per heavy atom. The maximum Gasteiger partial charge on any atom is 0.0689 e. The van der Waals surface area contributed by atoms with Crippen LogP contribution in [0.1, 0.15) is 127 Å². The van der Waals surface area contributed by atoms with Gasteiger partial charge in [-0.2, -0.15) is 5.26 Å². The smallest absolute Gasteiger partial charge is 0.0689 e. The van der Waals surface area contributed by atoms with E-state index in [0.717, 1.165) is 32.1 Å². The van der Waals surface area contributed by atoms with Crippen molar-refractivity contribution in [3.63, 3.8) is 0 Å². The van der Waals surface area contributed by atoms with Gasteiger partial charge in [0.25, 0.3) is 0 Å². The first-order valence-electron chi connectivity index (χ1n) is 14.3. The zero-order valence-corrected chi connectivity index (χ0v) is 22.0. The first kappa shape index (κ1) is 26.5. The molecule has 0 radical (unpaired) electrons. The zero-order valence-electron chi connectivity index (χ0n) is 22.0. The Morgan fingerprint density at radius 3 is 1.82 bits per heavy atom. The fraction of sp³-hybridized carbons (Fsp3) is 0.606. The van der Waals surface area contributed by atoms with Crippen molar-refractivity contribution in [1.82, 2.24) is 0 Å². The number of benzene rings is 2. The highest BCUT2D eigenvalue weighted by atomic mass is 14.4. The van der Waals surface area contributed by atoms with Crippen LogP contribution in [-0.4, -0.2) is 0 Å². The van der Waals surface area contributed by atoms with Crippen LogP contribution >= 0.6 is 0 Å². The third-order valence-corrected chi connectivity index (χ3v) is 8.18. The molecular weight excluding hydrogens is 410 g/mol. The van der Waals surface area contributed by atoms with Gasteiger partial charge in [-0.05, 0) is 73.1 Å². The van der Waals surface area contributed by atoms with Crippen LogP contribution in [0.25, 0.3) is 11.1 Å². The quantitative estimate of drug-likeness (QED) is 0.259. The largest absolute Gasteiger partial charge is 0.198 e. The van der Waals surface area contributed by atoms with E-state index in [0.29, 0.717) is 5.92 Å². The van der Waals surface area contributed by atoms with Crippen LogP contribution in [0.4, 0.5) is 0 Å².